The first kappa shape index (κ1) is 10.4. The standard InChI is InChI=1S/C10H16O3/c1-10(2)7(3-4-11)5-8(10)9(13)6-12/h4,7-8,12H,3,5-6H2,1-2H3/t7-,8-/m1/s1. The molecule has 1 aliphatic rings. The number of Topliss-reactive ketones (excluding diaryl/α,β-unsaturated/α-hetero) is 1. The number of aliphatic hydroxyl groups excluding tert-OH is 1. The monoisotopic (exact) mass is 184 g/mol. The van der Waals surface area contributed by atoms with Gasteiger partial charge in [0.25, 0.3) is 0 Å². The van der Waals surface area contributed by atoms with Gasteiger partial charge in [0.2, 0.25) is 0 Å². The summed E-state index contributed by atoms with van der Waals surface area (Å²) >= 11 is 0. The quantitative estimate of drug-likeness (QED) is 0.657. The summed E-state index contributed by atoms with van der Waals surface area (Å²) in [6.07, 6.45) is 2.19. The van der Waals surface area contributed by atoms with Gasteiger partial charge in [-0.05, 0) is 17.8 Å². The second-order valence-electron chi connectivity index (χ2n) is 4.33. The van der Waals surface area contributed by atoms with Crippen LogP contribution in [-0.4, -0.2) is 23.8 Å². The van der Waals surface area contributed by atoms with Crippen molar-refractivity contribution in [1.29, 1.82) is 0 Å². The van der Waals surface area contributed by atoms with Gasteiger partial charge in [0, 0.05) is 12.3 Å². The van der Waals surface area contributed by atoms with E-state index in [0.717, 1.165) is 12.7 Å². The number of aliphatic hydroxyl groups is 1. The summed E-state index contributed by atoms with van der Waals surface area (Å²) in [6, 6.07) is 0. The highest BCUT2D eigenvalue weighted by molar-refractivity contribution is 5.83. The second kappa shape index (κ2) is 3.58. The maximum absolute atomic E-state index is 11.2. The van der Waals surface area contributed by atoms with Crippen molar-refractivity contribution in [3.63, 3.8) is 0 Å². The van der Waals surface area contributed by atoms with Gasteiger partial charge in [0.15, 0.2) is 5.78 Å². The second-order valence-corrected chi connectivity index (χ2v) is 4.33. The summed E-state index contributed by atoms with van der Waals surface area (Å²) in [4.78, 5) is 21.5. The number of rotatable bonds is 4. The van der Waals surface area contributed by atoms with Crippen molar-refractivity contribution in [2.75, 3.05) is 6.61 Å². The number of carbonyl (C=O) groups is 2. The van der Waals surface area contributed by atoms with E-state index in [9.17, 15) is 9.59 Å². The first-order valence-corrected chi connectivity index (χ1v) is 4.61. The molecule has 1 fully saturated rings. The normalized spacial score (nSPS) is 30.7. The van der Waals surface area contributed by atoms with Crippen LogP contribution in [-0.2, 0) is 9.59 Å². The Balaban J connectivity index is 2.58. The molecule has 0 aromatic rings. The summed E-state index contributed by atoms with van der Waals surface area (Å²) < 4.78 is 0. The molecule has 0 saturated heterocycles. The highest BCUT2D eigenvalue weighted by Crippen LogP contribution is 2.52. The molecule has 0 amide bonds. The number of carbonyl (C=O) groups excluding carboxylic acids is 2. The van der Waals surface area contributed by atoms with E-state index in [2.05, 4.69) is 0 Å². The molecule has 13 heavy (non-hydrogen) atoms. The van der Waals surface area contributed by atoms with Crippen molar-refractivity contribution < 1.29 is 14.7 Å². The summed E-state index contributed by atoms with van der Waals surface area (Å²) in [5.74, 6) is 0.167. The van der Waals surface area contributed by atoms with E-state index in [1.54, 1.807) is 0 Å². The Hall–Kier alpha value is -0.700. The van der Waals surface area contributed by atoms with E-state index in [0.29, 0.717) is 12.3 Å². The lowest BCUT2D eigenvalue weighted by atomic mass is 9.53. The molecular weight excluding hydrogens is 168 g/mol. The Kier molecular flexibility index (Phi) is 2.86. The lowest BCUT2D eigenvalue weighted by Gasteiger charge is -2.50. The molecule has 0 heterocycles. The maximum atomic E-state index is 11.2. The fraction of sp³-hybridized carbons (Fsp3) is 0.800. The highest BCUT2D eigenvalue weighted by Gasteiger charge is 2.50. The van der Waals surface area contributed by atoms with Crippen molar-refractivity contribution in [1.82, 2.24) is 0 Å². The molecule has 1 N–H and O–H groups in total. The van der Waals surface area contributed by atoms with Crippen molar-refractivity contribution in [3.05, 3.63) is 0 Å². The predicted molar refractivity (Wildman–Crippen MR) is 48.2 cm³/mol. The average molecular weight is 184 g/mol. The maximum Gasteiger partial charge on any atom is 0.161 e. The fourth-order valence-electron chi connectivity index (χ4n) is 2.19. The van der Waals surface area contributed by atoms with E-state index < -0.39 is 0 Å². The molecule has 0 unspecified atom stereocenters. The van der Waals surface area contributed by atoms with Crippen LogP contribution in [0.3, 0.4) is 0 Å². The van der Waals surface area contributed by atoms with Gasteiger partial charge in [-0.3, -0.25) is 4.79 Å². The lowest BCUT2D eigenvalue weighted by molar-refractivity contribution is -0.142. The minimum atomic E-state index is -0.373. The van der Waals surface area contributed by atoms with Gasteiger partial charge in [-0.2, -0.15) is 0 Å². The fourth-order valence-corrected chi connectivity index (χ4v) is 2.19. The Morgan fingerprint density at radius 3 is 2.62 bits per heavy atom. The topological polar surface area (TPSA) is 54.4 Å². The molecule has 1 rings (SSSR count). The first-order valence-electron chi connectivity index (χ1n) is 4.61. The third-order valence-corrected chi connectivity index (χ3v) is 3.40. The lowest BCUT2D eigenvalue weighted by Crippen LogP contribution is -2.49. The van der Waals surface area contributed by atoms with E-state index in [-0.39, 0.29) is 23.7 Å². The molecule has 0 aliphatic heterocycles. The molecule has 0 radical (unpaired) electrons. The summed E-state index contributed by atoms with van der Waals surface area (Å²) in [7, 11) is 0. The molecule has 0 bridgehead atoms. The molecule has 1 aliphatic carbocycles. The van der Waals surface area contributed by atoms with Crippen LogP contribution in [0.4, 0.5) is 0 Å². The third kappa shape index (κ3) is 1.66. The average Bonchev–Trinajstić information content (AvgIpc) is 2.10. The van der Waals surface area contributed by atoms with E-state index in [1.807, 2.05) is 13.8 Å². The van der Waals surface area contributed by atoms with E-state index >= 15 is 0 Å². The van der Waals surface area contributed by atoms with Gasteiger partial charge in [-0.1, -0.05) is 13.8 Å². The zero-order chi connectivity index (χ0) is 10.1. The minimum absolute atomic E-state index is 0.0533. The van der Waals surface area contributed by atoms with Crippen molar-refractivity contribution in [2.45, 2.75) is 26.7 Å². The Bertz CT molecular complexity index is 220. The van der Waals surface area contributed by atoms with Crippen molar-refractivity contribution >= 4 is 12.1 Å². The number of hydrogen-bond donors (Lipinski definition) is 1. The highest BCUT2D eigenvalue weighted by atomic mass is 16.3. The smallest absolute Gasteiger partial charge is 0.161 e. The minimum Gasteiger partial charge on any atom is -0.389 e. The first-order chi connectivity index (χ1) is 6.04. The zero-order valence-corrected chi connectivity index (χ0v) is 8.12. The van der Waals surface area contributed by atoms with E-state index in [1.165, 1.54) is 0 Å². The summed E-state index contributed by atoms with van der Waals surface area (Å²) in [5.41, 5.74) is -0.110. The molecule has 0 aromatic carbocycles. The molecule has 3 nitrogen and oxygen atoms in total. The SMILES string of the molecule is CC1(C)[C@H](CC=O)C[C@@H]1C(=O)CO. The van der Waals surface area contributed by atoms with E-state index in [4.69, 9.17) is 5.11 Å². The van der Waals surface area contributed by atoms with Crippen molar-refractivity contribution in [3.8, 4) is 0 Å². The number of hydrogen-bond acceptors (Lipinski definition) is 3. The molecule has 3 heteroatoms. The van der Waals surface area contributed by atoms with Gasteiger partial charge in [-0.25, -0.2) is 0 Å². The van der Waals surface area contributed by atoms with Crippen LogP contribution in [0, 0.1) is 17.3 Å². The Morgan fingerprint density at radius 2 is 2.23 bits per heavy atom. The molecule has 0 spiro atoms. The van der Waals surface area contributed by atoms with Crippen LogP contribution in [0.2, 0.25) is 0 Å². The van der Waals surface area contributed by atoms with Gasteiger partial charge < -0.3 is 9.90 Å². The molecule has 74 valence electrons. The predicted octanol–water partition coefficient (Wildman–Crippen LogP) is 0.799. The van der Waals surface area contributed by atoms with Crippen LogP contribution in [0.25, 0.3) is 0 Å². The number of aldehydes is 1. The molecular formula is C10H16O3. The van der Waals surface area contributed by atoms with Gasteiger partial charge in [0.05, 0.1) is 0 Å². The van der Waals surface area contributed by atoms with Crippen molar-refractivity contribution in [2.24, 2.45) is 17.3 Å². The van der Waals surface area contributed by atoms with Crippen LogP contribution >= 0.6 is 0 Å². The van der Waals surface area contributed by atoms with Crippen LogP contribution in [0.15, 0.2) is 0 Å². The summed E-state index contributed by atoms with van der Waals surface area (Å²) in [5, 5.41) is 8.70. The zero-order valence-electron chi connectivity index (χ0n) is 8.12. The van der Waals surface area contributed by atoms with Crippen LogP contribution in [0.5, 0.6) is 0 Å². The molecule has 0 aromatic heterocycles. The Morgan fingerprint density at radius 1 is 1.62 bits per heavy atom. The molecule has 2 atom stereocenters. The largest absolute Gasteiger partial charge is 0.389 e. The van der Waals surface area contributed by atoms with Gasteiger partial charge in [-0.15, -0.1) is 0 Å². The van der Waals surface area contributed by atoms with Gasteiger partial charge >= 0.3 is 0 Å². The Labute approximate surface area is 78.1 Å². The van der Waals surface area contributed by atoms with Gasteiger partial charge in [0.1, 0.15) is 12.9 Å². The third-order valence-electron chi connectivity index (χ3n) is 3.40. The molecule has 1 saturated carbocycles. The summed E-state index contributed by atoms with van der Waals surface area (Å²) in [6.45, 7) is 3.60. The number of ketones is 1. The van der Waals surface area contributed by atoms with Crippen LogP contribution < -0.4 is 0 Å². The van der Waals surface area contributed by atoms with Crippen LogP contribution in [0.1, 0.15) is 26.7 Å².